The van der Waals surface area contributed by atoms with E-state index >= 15 is 0 Å². The summed E-state index contributed by atoms with van der Waals surface area (Å²) in [5.74, 6) is 0.639. The highest BCUT2D eigenvalue weighted by Gasteiger charge is 2.21. The highest BCUT2D eigenvalue weighted by atomic mass is 16.3. The Morgan fingerprint density at radius 1 is 1.40 bits per heavy atom. The second-order valence-electron chi connectivity index (χ2n) is 3.40. The molecule has 0 aromatic carbocycles. The van der Waals surface area contributed by atoms with Crippen LogP contribution in [0, 0.1) is 5.92 Å². The van der Waals surface area contributed by atoms with Crippen molar-refractivity contribution >= 4 is 0 Å². The van der Waals surface area contributed by atoms with Crippen molar-refractivity contribution in [1.82, 2.24) is 0 Å². The molecule has 1 atom stereocenters. The molecule has 1 aliphatic carbocycles. The van der Waals surface area contributed by atoms with Gasteiger partial charge in [-0.15, -0.1) is 0 Å². The number of rotatable bonds is 3. The summed E-state index contributed by atoms with van der Waals surface area (Å²) in [6.45, 7) is 2.14. The Morgan fingerprint density at radius 3 is 2.50 bits per heavy atom. The molecule has 1 aliphatic rings. The molecule has 1 rings (SSSR count). The first kappa shape index (κ1) is 8.06. The molecule has 1 nitrogen and oxygen atoms in total. The molecular formula is C9H18O. The van der Waals surface area contributed by atoms with E-state index in [0.29, 0.717) is 5.92 Å². The molecule has 0 saturated heterocycles. The number of aliphatic hydroxyl groups excluding tert-OH is 1. The fraction of sp³-hybridized carbons (Fsp3) is 1.00. The molecule has 0 unspecified atom stereocenters. The maximum Gasteiger partial charge on any atom is 0.0568 e. The molecule has 1 heteroatoms. The van der Waals surface area contributed by atoms with Crippen LogP contribution in [0.1, 0.15) is 45.4 Å². The maximum absolute atomic E-state index is 9.55. The molecule has 10 heavy (non-hydrogen) atoms. The van der Waals surface area contributed by atoms with Crippen LogP contribution in [0.5, 0.6) is 0 Å². The molecule has 0 radical (unpaired) electrons. The zero-order valence-electron chi connectivity index (χ0n) is 6.84. The Labute approximate surface area is 63.4 Å². The molecule has 0 amide bonds. The molecule has 0 aromatic heterocycles. The first-order valence-corrected chi connectivity index (χ1v) is 4.52. The predicted octanol–water partition coefficient (Wildman–Crippen LogP) is 2.34. The Hall–Kier alpha value is -0.0400. The van der Waals surface area contributed by atoms with Crippen LogP contribution in [0.3, 0.4) is 0 Å². The zero-order chi connectivity index (χ0) is 7.40. The van der Waals surface area contributed by atoms with Crippen LogP contribution in [0.4, 0.5) is 0 Å². The first-order valence-electron chi connectivity index (χ1n) is 4.52. The lowest BCUT2D eigenvalue weighted by atomic mass is 9.97. The summed E-state index contributed by atoms with van der Waals surface area (Å²) in [4.78, 5) is 0. The van der Waals surface area contributed by atoms with Crippen LogP contribution in [-0.4, -0.2) is 11.2 Å². The van der Waals surface area contributed by atoms with Gasteiger partial charge >= 0.3 is 0 Å². The monoisotopic (exact) mass is 142 g/mol. The first-order chi connectivity index (χ1) is 4.84. The van der Waals surface area contributed by atoms with Gasteiger partial charge in [0.25, 0.3) is 0 Å². The molecule has 1 saturated carbocycles. The van der Waals surface area contributed by atoms with Crippen molar-refractivity contribution in [2.24, 2.45) is 5.92 Å². The van der Waals surface area contributed by atoms with Crippen molar-refractivity contribution < 1.29 is 5.11 Å². The highest BCUT2D eigenvalue weighted by Crippen LogP contribution is 2.29. The maximum atomic E-state index is 9.55. The van der Waals surface area contributed by atoms with Crippen molar-refractivity contribution in [3.05, 3.63) is 0 Å². The quantitative estimate of drug-likeness (QED) is 0.641. The molecule has 60 valence electrons. The largest absolute Gasteiger partial charge is 0.393 e. The fourth-order valence-electron chi connectivity index (χ4n) is 1.87. The van der Waals surface area contributed by atoms with Crippen molar-refractivity contribution in [3.63, 3.8) is 0 Å². The topological polar surface area (TPSA) is 20.2 Å². The van der Waals surface area contributed by atoms with Gasteiger partial charge in [0.2, 0.25) is 0 Å². The summed E-state index contributed by atoms with van der Waals surface area (Å²) in [6, 6.07) is 0. The van der Waals surface area contributed by atoms with Gasteiger partial charge in [-0.25, -0.2) is 0 Å². The zero-order valence-corrected chi connectivity index (χ0v) is 6.84. The Morgan fingerprint density at radius 2 is 2.00 bits per heavy atom. The average Bonchev–Trinajstić information content (AvgIpc) is 2.38. The molecule has 1 N–H and O–H groups in total. The summed E-state index contributed by atoms with van der Waals surface area (Å²) in [5.41, 5.74) is 0. The van der Waals surface area contributed by atoms with E-state index < -0.39 is 0 Å². The Balaban J connectivity index is 2.18. The lowest BCUT2D eigenvalue weighted by Crippen LogP contribution is -2.16. The van der Waals surface area contributed by atoms with E-state index in [1.807, 2.05) is 0 Å². The smallest absolute Gasteiger partial charge is 0.0568 e. The molecule has 0 bridgehead atoms. The van der Waals surface area contributed by atoms with Gasteiger partial charge in [-0.3, -0.25) is 0 Å². The lowest BCUT2D eigenvalue weighted by Gasteiger charge is -2.15. The van der Waals surface area contributed by atoms with E-state index in [1.54, 1.807) is 0 Å². The minimum atomic E-state index is 0.00694. The van der Waals surface area contributed by atoms with Gasteiger partial charge in [0.1, 0.15) is 0 Å². The van der Waals surface area contributed by atoms with Crippen molar-refractivity contribution in [2.75, 3.05) is 0 Å². The molecule has 0 spiro atoms. The summed E-state index contributed by atoms with van der Waals surface area (Å²) in [7, 11) is 0. The van der Waals surface area contributed by atoms with E-state index in [0.717, 1.165) is 12.8 Å². The van der Waals surface area contributed by atoms with Crippen molar-refractivity contribution in [3.8, 4) is 0 Å². The van der Waals surface area contributed by atoms with Gasteiger partial charge in [0, 0.05) is 0 Å². The summed E-state index contributed by atoms with van der Waals surface area (Å²) < 4.78 is 0. The number of hydrogen-bond acceptors (Lipinski definition) is 1. The van der Waals surface area contributed by atoms with E-state index in [4.69, 9.17) is 0 Å². The molecule has 0 heterocycles. The normalized spacial score (nSPS) is 23.4. The van der Waals surface area contributed by atoms with Crippen LogP contribution >= 0.6 is 0 Å². The van der Waals surface area contributed by atoms with Crippen LogP contribution in [0.25, 0.3) is 0 Å². The van der Waals surface area contributed by atoms with Crippen molar-refractivity contribution in [1.29, 1.82) is 0 Å². The van der Waals surface area contributed by atoms with E-state index in [9.17, 15) is 5.11 Å². The second kappa shape index (κ2) is 3.97. The van der Waals surface area contributed by atoms with Gasteiger partial charge in [-0.2, -0.15) is 0 Å². The van der Waals surface area contributed by atoms with Crippen LogP contribution < -0.4 is 0 Å². The molecule has 1 fully saturated rings. The van der Waals surface area contributed by atoms with E-state index in [1.165, 1.54) is 25.7 Å². The molecule has 0 aromatic rings. The average molecular weight is 142 g/mol. The van der Waals surface area contributed by atoms with Gasteiger partial charge in [-0.05, 0) is 25.2 Å². The standard InChI is InChI=1S/C9H18O/c1-2-5-9(10)8-6-3-4-7-8/h8-10H,2-7H2,1H3/t9-/m1/s1. The van der Waals surface area contributed by atoms with Crippen molar-refractivity contribution in [2.45, 2.75) is 51.6 Å². The van der Waals surface area contributed by atoms with Gasteiger partial charge in [0.15, 0.2) is 0 Å². The molecular weight excluding hydrogens is 124 g/mol. The third kappa shape index (κ3) is 1.98. The van der Waals surface area contributed by atoms with Gasteiger partial charge < -0.3 is 5.11 Å². The minimum absolute atomic E-state index is 0.00694. The predicted molar refractivity (Wildman–Crippen MR) is 42.9 cm³/mol. The number of aliphatic hydroxyl groups is 1. The van der Waals surface area contributed by atoms with Crippen LogP contribution in [-0.2, 0) is 0 Å². The number of hydrogen-bond donors (Lipinski definition) is 1. The third-order valence-electron chi connectivity index (χ3n) is 2.53. The Kier molecular flexibility index (Phi) is 3.20. The highest BCUT2D eigenvalue weighted by molar-refractivity contribution is 4.73. The van der Waals surface area contributed by atoms with E-state index in [2.05, 4.69) is 6.92 Å². The van der Waals surface area contributed by atoms with Crippen LogP contribution in [0.15, 0.2) is 0 Å². The Bertz CT molecular complexity index is 84.7. The second-order valence-corrected chi connectivity index (χ2v) is 3.40. The SMILES string of the molecule is CCC[C@@H](O)C1CCCC1. The summed E-state index contributed by atoms with van der Waals surface area (Å²) in [6.07, 6.45) is 7.34. The van der Waals surface area contributed by atoms with Crippen LogP contribution in [0.2, 0.25) is 0 Å². The fourth-order valence-corrected chi connectivity index (χ4v) is 1.87. The summed E-state index contributed by atoms with van der Waals surface area (Å²) >= 11 is 0. The van der Waals surface area contributed by atoms with Gasteiger partial charge in [0.05, 0.1) is 6.10 Å². The summed E-state index contributed by atoms with van der Waals surface area (Å²) in [5, 5.41) is 9.55. The minimum Gasteiger partial charge on any atom is -0.393 e. The van der Waals surface area contributed by atoms with Gasteiger partial charge in [-0.1, -0.05) is 26.2 Å². The van der Waals surface area contributed by atoms with E-state index in [-0.39, 0.29) is 6.10 Å². The molecule has 0 aliphatic heterocycles. The third-order valence-corrected chi connectivity index (χ3v) is 2.53. The lowest BCUT2D eigenvalue weighted by molar-refractivity contribution is 0.101.